The van der Waals surface area contributed by atoms with Crippen molar-refractivity contribution < 1.29 is 28.3 Å². The summed E-state index contributed by atoms with van der Waals surface area (Å²) in [5.74, 6) is -2.76. The number of phenols is 1. The topological polar surface area (TPSA) is 139 Å². The highest BCUT2D eigenvalue weighted by Gasteiger charge is 2.22. The van der Waals surface area contributed by atoms with E-state index >= 15 is 0 Å². The number of anilines is 1. The second kappa shape index (κ2) is 10.5. The second-order valence-corrected chi connectivity index (χ2v) is 8.34. The number of nitrogens with zero attached hydrogens (tertiary/aromatic N) is 5. The van der Waals surface area contributed by atoms with Crippen molar-refractivity contribution in [2.24, 2.45) is 0 Å². The van der Waals surface area contributed by atoms with Crippen LogP contribution in [0.4, 0.5) is 14.6 Å². The van der Waals surface area contributed by atoms with Gasteiger partial charge in [0.05, 0.1) is 18.4 Å². The highest BCUT2D eigenvalue weighted by atomic mass is 19.1. The van der Waals surface area contributed by atoms with E-state index in [-0.39, 0.29) is 36.1 Å². The molecule has 10 nitrogen and oxygen atoms in total. The lowest BCUT2D eigenvalue weighted by molar-refractivity contribution is -0.137. The molecule has 2 aromatic carbocycles. The number of aromatic hydroxyl groups is 1. The van der Waals surface area contributed by atoms with Crippen LogP contribution in [0.1, 0.15) is 11.1 Å². The number of hydrogen-bond acceptors (Lipinski definition) is 8. The summed E-state index contributed by atoms with van der Waals surface area (Å²) in [6, 6.07) is 14.2. The zero-order valence-corrected chi connectivity index (χ0v) is 19.6. The molecule has 1 unspecified atom stereocenters. The molecule has 192 valence electrons. The maximum atomic E-state index is 14.6. The minimum Gasteiger partial charge on any atom is -0.508 e. The van der Waals surface area contributed by atoms with Crippen LogP contribution in [0, 0.1) is 11.6 Å². The SMILES string of the molecule is O=C(O)C(Cc1ccc(O)cc1)Nc1nc(-c2cc(-c3ccon3)n(Cc3ccccc3F)n2)ncc1F. The van der Waals surface area contributed by atoms with E-state index in [0.29, 0.717) is 22.5 Å². The van der Waals surface area contributed by atoms with Gasteiger partial charge in [0.2, 0.25) is 0 Å². The molecule has 0 aliphatic heterocycles. The molecule has 5 aromatic rings. The Morgan fingerprint density at radius 2 is 1.84 bits per heavy atom. The third kappa shape index (κ3) is 5.33. The first-order valence-electron chi connectivity index (χ1n) is 11.4. The minimum atomic E-state index is -1.22. The molecule has 0 spiro atoms. The average Bonchev–Trinajstić information content (AvgIpc) is 3.58. The maximum absolute atomic E-state index is 14.6. The molecule has 0 aliphatic rings. The van der Waals surface area contributed by atoms with E-state index in [4.69, 9.17) is 4.52 Å². The van der Waals surface area contributed by atoms with E-state index in [1.807, 2.05) is 0 Å². The Hall–Kier alpha value is -5.13. The van der Waals surface area contributed by atoms with Crippen LogP contribution in [0.15, 0.2) is 77.6 Å². The van der Waals surface area contributed by atoms with Crippen LogP contribution < -0.4 is 5.32 Å². The highest BCUT2D eigenvalue weighted by Crippen LogP contribution is 2.26. The Kier molecular flexibility index (Phi) is 6.76. The average molecular weight is 518 g/mol. The molecule has 0 saturated heterocycles. The fourth-order valence-corrected chi connectivity index (χ4v) is 3.81. The first-order valence-corrected chi connectivity index (χ1v) is 11.4. The number of aliphatic carboxylic acids is 1. The number of hydrogen-bond donors (Lipinski definition) is 3. The molecule has 0 saturated carbocycles. The van der Waals surface area contributed by atoms with Gasteiger partial charge in [0, 0.05) is 18.1 Å². The number of aromatic nitrogens is 5. The first-order chi connectivity index (χ1) is 18.4. The maximum Gasteiger partial charge on any atom is 0.326 e. The van der Waals surface area contributed by atoms with Crippen LogP contribution in [0.2, 0.25) is 0 Å². The summed E-state index contributed by atoms with van der Waals surface area (Å²) in [5, 5.41) is 30.2. The van der Waals surface area contributed by atoms with Crippen molar-refractivity contribution in [3.05, 3.63) is 95.9 Å². The van der Waals surface area contributed by atoms with Crippen molar-refractivity contribution in [1.29, 1.82) is 0 Å². The number of phenolic OH excluding ortho intramolecular Hbond substituents is 1. The molecule has 5 rings (SSSR count). The standard InChI is InChI=1S/C26H20F2N6O4/c27-18-4-2-1-3-16(18)14-34-23(20-9-10-38-33-20)12-21(32-34)25-29-13-19(28)24(31-25)30-22(26(36)37)11-15-5-7-17(35)8-6-15/h1-10,12-13,22,35H,11,14H2,(H,36,37)(H,29,30,31). The summed E-state index contributed by atoms with van der Waals surface area (Å²) in [7, 11) is 0. The van der Waals surface area contributed by atoms with Crippen LogP contribution in [-0.4, -0.2) is 47.1 Å². The van der Waals surface area contributed by atoms with Crippen LogP contribution in [-0.2, 0) is 17.8 Å². The van der Waals surface area contributed by atoms with Gasteiger partial charge in [-0.15, -0.1) is 0 Å². The zero-order valence-electron chi connectivity index (χ0n) is 19.6. The van der Waals surface area contributed by atoms with Crippen molar-refractivity contribution in [1.82, 2.24) is 24.9 Å². The molecular weight excluding hydrogens is 498 g/mol. The van der Waals surface area contributed by atoms with E-state index < -0.39 is 23.6 Å². The molecule has 0 bridgehead atoms. The third-order valence-corrected chi connectivity index (χ3v) is 5.72. The first kappa shape index (κ1) is 24.6. The Morgan fingerprint density at radius 1 is 1.05 bits per heavy atom. The molecular formula is C26H20F2N6O4. The third-order valence-electron chi connectivity index (χ3n) is 5.72. The molecule has 0 fully saturated rings. The predicted molar refractivity (Wildman–Crippen MR) is 131 cm³/mol. The monoisotopic (exact) mass is 518 g/mol. The normalized spacial score (nSPS) is 11.8. The van der Waals surface area contributed by atoms with Crippen molar-refractivity contribution >= 4 is 11.8 Å². The van der Waals surface area contributed by atoms with E-state index in [0.717, 1.165) is 6.20 Å². The second-order valence-electron chi connectivity index (χ2n) is 8.34. The van der Waals surface area contributed by atoms with Gasteiger partial charge >= 0.3 is 5.97 Å². The van der Waals surface area contributed by atoms with Gasteiger partial charge in [-0.05, 0) is 29.8 Å². The minimum absolute atomic E-state index is 0.00195. The summed E-state index contributed by atoms with van der Waals surface area (Å²) < 4.78 is 35.4. The Labute approximate surface area is 214 Å². The Bertz CT molecular complexity index is 1570. The molecule has 3 heterocycles. The fraction of sp³-hybridized carbons (Fsp3) is 0.115. The lowest BCUT2D eigenvalue weighted by Crippen LogP contribution is -2.32. The molecule has 3 N–H and O–H groups in total. The van der Waals surface area contributed by atoms with E-state index in [2.05, 4.69) is 25.5 Å². The number of carbonyl (C=O) groups is 1. The van der Waals surface area contributed by atoms with Crippen molar-refractivity contribution in [3.8, 4) is 28.7 Å². The van der Waals surface area contributed by atoms with Crippen molar-refractivity contribution in [2.45, 2.75) is 19.0 Å². The van der Waals surface area contributed by atoms with E-state index in [1.54, 1.807) is 42.5 Å². The lowest BCUT2D eigenvalue weighted by Gasteiger charge is -2.16. The summed E-state index contributed by atoms with van der Waals surface area (Å²) in [5.41, 5.74) is 2.14. The summed E-state index contributed by atoms with van der Waals surface area (Å²) >= 11 is 0. The predicted octanol–water partition coefficient (Wildman–Crippen LogP) is 4.14. The molecule has 0 radical (unpaired) electrons. The van der Waals surface area contributed by atoms with E-state index in [9.17, 15) is 23.8 Å². The van der Waals surface area contributed by atoms with Gasteiger partial charge in [-0.3, -0.25) is 4.68 Å². The van der Waals surface area contributed by atoms with Crippen molar-refractivity contribution in [2.75, 3.05) is 5.32 Å². The molecule has 0 amide bonds. The molecule has 3 aromatic heterocycles. The number of benzene rings is 2. The van der Waals surface area contributed by atoms with Gasteiger partial charge in [-0.1, -0.05) is 35.5 Å². The molecule has 1 atom stereocenters. The Balaban J connectivity index is 1.47. The largest absolute Gasteiger partial charge is 0.508 e. The Morgan fingerprint density at radius 3 is 2.55 bits per heavy atom. The number of carboxylic acids is 1. The zero-order chi connectivity index (χ0) is 26.6. The van der Waals surface area contributed by atoms with Crippen LogP contribution >= 0.6 is 0 Å². The number of halogens is 2. The fourth-order valence-electron chi connectivity index (χ4n) is 3.81. The van der Waals surface area contributed by atoms with Gasteiger partial charge in [0.25, 0.3) is 0 Å². The van der Waals surface area contributed by atoms with Gasteiger partial charge in [-0.2, -0.15) is 5.10 Å². The van der Waals surface area contributed by atoms with Gasteiger partial charge in [0.1, 0.15) is 35.3 Å². The molecule has 12 heteroatoms. The molecule has 0 aliphatic carbocycles. The number of nitrogens with one attached hydrogen (secondary N) is 1. The van der Waals surface area contributed by atoms with Gasteiger partial charge < -0.3 is 20.1 Å². The molecule has 38 heavy (non-hydrogen) atoms. The quantitative estimate of drug-likeness (QED) is 0.263. The number of rotatable bonds is 9. The summed E-state index contributed by atoms with van der Waals surface area (Å²) in [6.07, 6.45) is 2.30. The van der Waals surface area contributed by atoms with Gasteiger partial charge in [0.15, 0.2) is 17.5 Å². The van der Waals surface area contributed by atoms with Crippen LogP contribution in [0.25, 0.3) is 22.9 Å². The number of carboxylic acid groups (broad SMARTS) is 1. The highest BCUT2D eigenvalue weighted by molar-refractivity contribution is 5.77. The van der Waals surface area contributed by atoms with Crippen molar-refractivity contribution in [3.63, 3.8) is 0 Å². The summed E-state index contributed by atoms with van der Waals surface area (Å²) in [4.78, 5) is 20.1. The van der Waals surface area contributed by atoms with Crippen LogP contribution in [0.3, 0.4) is 0 Å². The smallest absolute Gasteiger partial charge is 0.326 e. The van der Waals surface area contributed by atoms with Gasteiger partial charge in [-0.25, -0.2) is 23.5 Å². The lowest BCUT2D eigenvalue weighted by atomic mass is 10.1. The summed E-state index contributed by atoms with van der Waals surface area (Å²) in [6.45, 7) is 0.0644. The van der Waals surface area contributed by atoms with E-state index in [1.165, 1.54) is 29.1 Å². The van der Waals surface area contributed by atoms with Crippen LogP contribution in [0.5, 0.6) is 5.75 Å².